The van der Waals surface area contributed by atoms with Crippen molar-refractivity contribution in [1.82, 2.24) is 0 Å². The lowest BCUT2D eigenvalue weighted by Gasteiger charge is -2.15. The number of halogens is 1. The van der Waals surface area contributed by atoms with Crippen molar-refractivity contribution >= 4 is 11.6 Å². The maximum absolute atomic E-state index is 5.75. The number of allylic oxidation sites excluding steroid dienone is 4. The van der Waals surface area contributed by atoms with Gasteiger partial charge in [0.2, 0.25) is 0 Å². The van der Waals surface area contributed by atoms with Crippen LogP contribution in [0.15, 0.2) is 23.3 Å². The Labute approximate surface area is 61.2 Å². The fourth-order valence-electron chi connectivity index (χ4n) is 0.877. The molecule has 9 heavy (non-hydrogen) atoms. The summed E-state index contributed by atoms with van der Waals surface area (Å²) >= 11 is 5.75. The standard InChI is InChI=1S/C8H11Cl/c1-6-3-4-8(9)5-7(6)2/h3-7H,1-2H3. The molecular weight excluding hydrogens is 132 g/mol. The molecule has 0 aromatic carbocycles. The highest BCUT2D eigenvalue weighted by Gasteiger charge is 2.09. The molecule has 0 radical (unpaired) electrons. The molecule has 1 aliphatic rings. The van der Waals surface area contributed by atoms with Gasteiger partial charge in [0.15, 0.2) is 0 Å². The minimum atomic E-state index is 0.600. The lowest BCUT2D eigenvalue weighted by Crippen LogP contribution is -2.04. The third-order valence-corrected chi connectivity index (χ3v) is 2.06. The van der Waals surface area contributed by atoms with Crippen LogP contribution in [-0.4, -0.2) is 0 Å². The molecule has 0 N–H and O–H groups in total. The van der Waals surface area contributed by atoms with Gasteiger partial charge in [-0.15, -0.1) is 0 Å². The second-order valence-corrected chi connectivity index (χ2v) is 3.07. The highest BCUT2D eigenvalue weighted by Crippen LogP contribution is 2.23. The average Bonchev–Trinajstić information content (AvgIpc) is 1.80. The zero-order valence-electron chi connectivity index (χ0n) is 5.76. The molecule has 1 rings (SSSR count). The second-order valence-electron chi connectivity index (χ2n) is 2.63. The van der Waals surface area contributed by atoms with Crippen LogP contribution in [0, 0.1) is 11.8 Å². The van der Waals surface area contributed by atoms with E-state index in [1.54, 1.807) is 0 Å². The molecule has 0 nitrogen and oxygen atoms in total. The minimum Gasteiger partial charge on any atom is -0.0847 e. The summed E-state index contributed by atoms with van der Waals surface area (Å²) in [6, 6.07) is 0. The number of rotatable bonds is 0. The van der Waals surface area contributed by atoms with Crippen LogP contribution in [0.25, 0.3) is 0 Å². The highest BCUT2D eigenvalue weighted by molar-refractivity contribution is 6.31. The Hall–Kier alpha value is -0.230. The monoisotopic (exact) mass is 142 g/mol. The molecule has 0 bridgehead atoms. The van der Waals surface area contributed by atoms with E-state index in [1.807, 2.05) is 6.08 Å². The Bertz CT molecular complexity index is 156. The Morgan fingerprint density at radius 2 is 2.00 bits per heavy atom. The van der Waals surface area contributed by atoms with E-state index in [2.05, 4.69) is 26.0 Å². The van der Waals surface area contributed by atoms with E-state index in [4.69, 9.17) is 11.6 Å². The van der Waals surface area contributed by atoms with Gasteiger partial charge in [-0.25, -0.2) is 0 Å². The second kappa shape index (κ2) is 2.57. The van der Waals surface area contributed by atoms with Gasteiger partial charge in [-0.05, 0) is 17.9 Å². The lowest BCUT2D eigenvalue weighted by molar-refractivity contribution is 0.551. The average molecular weight is 143 g/mol. The van der Waals surface area contributed by atoms with Gasteiger partial charge in [-0.2, -0.15) is 0 Å². The predicted molar refractivity (Wildman–Crippen MR) is 41.4 cm³/mol. The maximum Gasteiger partial charge on any atom is 0.0365 e. The van der Waals surface area contributed by atoms with Crippen LogP contribution in [0.4, 0.5) is 0 Å². The van der Waals surface area contributed by atoms with Crippen LogP contribution in [0.5, 0.6) is 0 Å². The Kier molecular flexibility index (Phi) is 1.97. The van der Waals surface area contributed by atoms with Gasteiger partial charge in [0.25, 0.3) is 0 Å². The molecule has 0 amide bonds. The summed E-state index contributed by atoms with van der Waals surface area (Å²) in [4.78, 5) is 0. The largest absolute Gasteiger partial charge is 0.0847 e. The molecule has 0 aromatic heterocycles. The molecule has 2 unspecified atom stereocenters. The Morgan fingerprint density at radius 1 is 1.33 bits per heavy atom. The van der Waals surface area contributed by atoms with Crippen molar-refractivity contribution in [3.8, 4) is 0 Å². The molecule has 0 spiro atoms. The van der Waals surface area contributed by atoms with Crippen LogP contribution in [-0.2, 0) is 0 Å². The Morgan fingerprint density at radius 3 is 2.44 bits per heavy atom. The molecule has 0 saturated heterocycles. The topological polar surface area (TPSA) is 0 Å². The van der Waals surface area contributed by atoms with Crippen molar-refractivity contribution in [3.05, 3.63) is 23.3 Å². The lowest BCUT2D eigenvalue weighted by atomic mass is 9.92. The summed E-state index contributed by atoms with van der Waals surface area (Å²) in [6.07, 6.45) is 6.20. The first-order valence-corrected chi connectivity index (χ1v) is 3.63. The molecule has 0 heterocycles. The fourth-order valence-corrected chi connectivity index (χ4v) is 1.15. The van der Waals surface area contributed by atoms with E-state index < -0.39 is 0 Å². The minimum absolute atomic E-state index is 0.600. The van der Waals surface area contributed by atoms with Gasteiger partial charge in [0.05, 0.1) is 0 Å². The van der Waals surface area contributed by atoms with Crippen molar-refractivity contribution in [2.24, 2.45) is 11.8 Å². The summed E-state index contributed by atoms with van der Waals surface area (Å²) < 4.78 is 0. The molecule has 0 aromatic rings. The van der Waals surface area contributed by atoms with Gasteiger partial charge >= 0.3 is 0 Å². The SMILES string of the molecule is CC1C=CC(Cl)=CC1C. The van der Waals surface area contributed by atoms with E-state index >= 15 is 0 Å². The highest BCUT2D eigenvalue weighted by atomic mass is 35.5. The summed E-state index contributed by atoms with van der Waals surface area (Å²) in [5.41, 5.74) is 0. The van der Waals surface area contributed by atoms with Crippen LogP contribution < -0.4 is 0 Å². The molecule has 50 valence electrons. The van der Waals surface area contributed by atoms with Crippen LogP contribution in [0.2, 0.25) is 0 Å². The van der Waals surface area contributed by atoms with Gasteiger partial charge in [0, 0.05) is 5.03 Å². The predicted octanol–water partition coefficient (Wildman–Crippen LogP) is 2.95. The first-order valence-electron chi connectivity index (χ1n) is 3.25. The molecule has 0 fully saturated rings. The first-order chi connectivity index (χ1) is 4.20. The molecule has 1 aliphatic carbocycles. The normalized spacial score (nSPS) is 34.3. The Balaban J connectivity index is 2.70. The van der Waals surface area contributed by atoms with E-state index in [1.165, 1.54) is 0 Å². The third kappa shape index (κ3) is 1.59. The molecule has 2 atom stereocenters. The quantitative estimate of drug-likeness (QED) is 0.488. The molecular formula is C8H11Cl. The van der Waals surface area contributed by atoms with Crippen molar-refractivity contribution in [2.75, 3.05) is 0 Å². The van der Waals surface area contributed by atoms with E-state index in [0.29, 0.717) is 11.8 Å². The van der Waals surface area contributed by atoms with Crippen LogP contribution in [0.3, 0.4) is 0 Å². The first kappa shape index (κ1) is 6.88. The van der Waals surface area contributed by atoms with Crippen molar-refractivity contribution in [2.45, 2.75) is 13.8 Å². The third-order valence-electron chi connectivity index (χ3n) is 1.81. The van der Waals surface area contributed by atoms with E-state index in [-0.39, 0.29) is 0 Å². The summed E-state index contributed by atoms with van der Waals surface area (Å²) in [5, 5.41) is 0.876. The molecule has 0 aliphatic heterocycles. The van der Waals surface area contributed by atoms with Crippen molar-refractivity contribution < 1.29 is 0 Å². The van der Waals surface area contributed by atoms with Crippen molar-refractivity contribution in [1.29, 1.82) is 0 Å². The zero-order valence-corrected chi connectivity index (χ0v) is 6.52. The van der Waals surface area contributed by atoms with Gasteiger partial charge in [0.1, 0.15) is 0 Å². The molecule has 0 saturated carbocycles. The van der Waals surface area contributed by atoms with Gasteiger partial charge < -0.3 is 0 Å². The zero-order chi connectivity index (χ0) is 6.85. The summed E-state index contributed by atoms with van der Waals surface area (Å²) in [6.45, 7) is 4.37. The smallest absolute Gasteiger partial charge is 0.0365 e. The summed E-state index contributed by atoms with van der Waals surface area (Å²) in [7, 11) is 0. The van der Waals surface area contributed by atoms with E-state index in [0.717, 1.165) is 5.03 Å². The maximum atomic E-state index is 5.75. The van der Waals surface area contributed by atoms with Gasteiger partial charge in [-0.3, -0.25) is 0 Å². The van der Waals surface area contributed by atoms with Crippen molar-refractivity contribution in [3.63, 3.8) is 0 Å². The van der Waals surface area contributed by atoms with Gasteiger partial charge in [-0.1, -0.05) is 37.6 Å². The van der Waals surface area contributed by atoms with Crippen LogP contribution >= 0.6 is 11.6 Å². The number of hydrogen-bond acceptors (Lipinski definition) is 0. The van der Waals surface area contributed by atoms with E-state index in [9.17, 15) is 0 Å². The fraction of sp³-hybridized carbons (Fsp3) is 0.500. The molecule has 1 heteroatoms. The number of hydrogen-bond donors (Lipinski definition) is 0. The van der Waals surface area contributed by atoms with Crippen LogP contribution in [0.1, 0.15) is 13.8 Å². The summed E-state index contributed by atoms with van der Waals surface area (Å²) in [5.74, 6) is 1.25.